The Balaban J connectivity index is 2.01. The SMILES string of the molecule is CCC(C)NC(=O)C1CC(C)NC2CCCCC21. The fraction of sp³-hybridized carbons (Fsp3) is 0.933. The first-order valence-electron chi connectivity index (χ1n) is 7.68. The van der Waals surface area contributed by atoms with E-state index in [9.17, 15) is 4.79 Å². The molecule has 3 heteroatoms. The number of hydrogen-bond acceptors (Lipinski definition) is 2. The molecule has 1 amide bonds. The maximum absolute atomic E-state index is 12.4. The monoisotopic (exact) mass is 252 g/mol. The van der Waals surface area contributed by atoms with Crippen molar-refractivity contribution in [3.8, 4) is 0 Å². The molecule has 104 valence electrons. The van der Waals surface area contributed by atoms with Crippen LogP contribution in [0.25, 0.3) is 0 Å². The molecule has 0 aromatic heterocycles. The second-order valence-corrected chi connectivity index (χ2v) is 6.28. The van der Waals surface area contributed by atoms with Crippen LogP contribution in [0.2, 0.25) is 0 Å². The molecule has 0 spiro atoms. The Hall–Kier alpha value is -0.570. The number of piperidine rings is 1. The number of rotatable bonds is 3. The van der Waals surface area contributed by atoms with Gasteiger partial charge in [-0.25, -0.2) is 0 Å². The van der Waals surface area contributed by atoms with E-state index in [0.29, 0.717) is 30.0 Å². The molecule has 18 heavy (non-hydrogen) atoms. The summed E-state index contributed by atoms with van der Waals surface area (Å²) in [7, 11) is 0. The molecule has 5 atom stereocenters. The van der Waals surface area contributed by atoms with Crippen molar-refractivity contribution >= 4 is 5.91 Å². The number of amides is 1. The summed E-state index contributed by atoms with van der Waals surface area (Å²) in [5, 5.41) is 6.88. The average molecular weight is 252 g/mol. The van der Waals surface area contributed by atoms with Gasteiger partial charge in [-0.05, 0) is 45.4 Å². The van der Waals surface area contributed by atoms with Crippen molar-refractivity contribution in [1.29, 1.82) is 0 Å². The Morgan fingerprint density at radius 1 is 1.39 bits per heavy atom. The second-order valence-electron chi connectivity index (χ2n) is 6.28. The number of carbonyl (C=O) groups is 1. The summed E-state index contributed by atoms with van der Waals surface area (Å²) in [6.07, 6.45) is 7.11. The van der Waals surface area contributed by atoms with Crippen molar-refractivity contribution in [2.45, 2.75) is 77.4 Å². The zero-order valence-electron chi connectivity index (χ0n) is 12.0. The van der Waals surface area contributed by atoms with E-state index in [1.54, 1.807) is 0 Å². The summed E-state index contributed by atoms with van der Waals surface area (Å²) in [6.45, 7) is 6.44. The molecule has 0 aromatic rings. The van der Waals surface area contributed by atoms with E-state index in [4.69, 9.17) is 0 Å². The van der Waals surface area contributed by atoms with Gasteiger partial charge in [-0.15, -0.1) is 0 Å². The lowest BCUT2D eigenvalue weighted by molar-refractivity contribution is -0.130. The van der Waals surface area contributed by atoms with Crippen molar-refractivity contribution < 1.29 is 4.79 Å². The van der Waals surface area contributed by atoms with Crippen LogP contribution in [-0.2, 0) is 4.79 Å². The molecule has 0 aromatic carbocycles. The molecule has 0 bridgehead atoms. The van der Waals surface area contributed by atoms with Crippen LogP contribution in [0.1, 0.15) is 59.3 Å². The van der Waals surface area contributed by atoms with E-state index >= 15 is 0 Å². The van der Waals surface area contributed by atoms with Gasteiger partial charge >= 0.3 is 0 Å². The van der Waals surface area contributed by atoms with Crippen molar-refractivity contribution in [3.05, 3.63) is 0 Å². The molecule has 1 heterocycles. The number of hydrogen-bond donors (Lipinski definition) is 2. The molecular weight excluding hydrogens is 224 g/mol. The first kappa shape index (κ1) is 13.9. The molecule has 2 rings (SSSR count). The van der Waals surface area contributed by atoms with Crippen molar-refractivity contribution in [2.24, 2.45) is 11.8 Å². The summed E-state index contributed by atoms with van der Waals surface area (Å²) in [5.74, 6) is 1.11. The number of fused-ring (bicyclic) bond motifs is 1. The van der Waals surface area contributed by atoms with E-state index in [1.165, 1.54) is 25.7 Å². The Bertz CT molecular complexity index is 292. The molecular formula is C15H28N2O. The highest BCUT2D eigenvalue weighted by atomic mass is 16.2. The quantitative estimate of drug-likeness (QED) is 0.810. The Kier molecular flexibility index (Phi) is 4.66. The van der Waals surface area contributed by atoms with Crippen molar-refractivity contribution in [2.75, 3.05) is 0 Å². The molecule has 1 aliphatic carbocycles. The van der Waals surface area contributed by atoms with Gasteiger partial charge in [0.15, 0.2) is 0 Å². The van der Waals surface area contributed by atoms with Crippen molar-refractivity contribution in [1.82, 2.24) is 10.6 Å². The van der Waals surface area contributed by atoms with Crippen LogP contribution in [0.3, 0.4) is 0 Å². The molecule has 5 unspecified atom stereocenters. The fourth-order valence-corrected chi connectivity index (χ4v) is 3.59. The fourth-order valence-electron chi connectivity index (χ4n) is 3.59. The first-order chi connectivity index (χ1) is 8.61. The Labute approximate surface area is 111 Å². The van der Waals surface area contributed by atoms with Gasteiger partial charge in [-0.3, -0.25) is 4.79 Å². The third kappa shape index (κ3) is 3.05. The smallest absolute Gasteiger partial charge is 0.223 e. The van der Waals surface area contributed by atoms with Crippen LogP contribution in [0.5, 0.6) is 0 Å². The van der Waals surface area contributed by atoms with Crippen LogP contribution in [0.4, 0.5) is 0 Å². The second kappa shape index (κ2) is 6.05. The van der Waals surface area contributed by atoms with E-state index in [1.807, 2.05) is 0 Å². The molecule has 2 fully saturated rings. The van der Waals surface area contributed by atoms with Gasteiger partial charge in [0, 0.05) is 24.0 Å². The maximum atomic E-state index is 12.4. The lowest BCUT2D eigenvalue weighted by Crippen LogP contribution is -2.55. The average Bonchev–Trinajstić information content (AvgIpc) is 2.37. The third-order valence-corrected chi connectivity index (χ3v) is 4.78. The van der Waals surface area contributed by atoms with Gasteiger partial charge in [0.2, 0.25) is 5.91 Å². The molecule has 2 aliphatic rings. The van der Waals surface area contributed by atoms with Gasteiger partial charge in [0.05, 0.1) is 0 Å². The molecule has 0 radical (unpaired) electrons. The highest BCUT2D eigenvalue weighted by molar-refractivity contribution is 5.79. The Morgan fingerprint density at radius 2 is 2.11 bits per heavy atom. The normalized spacial score (nSPS) is 37.7. The third-order valence-electron chi connectivity index (χ3n) is 4.78. The lowest BCUT2D eigenvalue weighted by atomic mass is 9.71. The number of carbonyl (C=O) groups excluding carboxylic acids is 1. The zero-order chi connectivity index (χ0) is 13.1. The molecule has 3 nitrogen and oxygen atoms in total. The standard InChI is InChI=1S/C15H28N2O/c1-4-10(2)17-15(18)13-9-11(3)16-14-8-6-5-7-12(13)14/h10-14,16H,4-9H2,1-3H3,(H,17,18). The highest BCUT2D eigenvalue weighted by Crippen LogP contribution is 2.36. The van der Waals surface area contributed by atoms with Crippen LogP contribution in [0.15, 0.2) is 0 Å². The van der Waals surface area contributed by atoms with Gasteiger partial charge in [0.25, 0.3) is 0 Å². The number of nitrogens with one attached hydrogen (secondary N) is 2. The summed E-state index contributed by atoms with van der Waals surface area (Å²) in [6, 6.07) is 1.37. The highest BCUT2D eigenvalue weighted by Gasteiger charge is 2.40. The van der Waals surface area contributed by atoms with E-state index in [2.05, 4.69) is 31.4 Å². The molecule has 2 N–H and O–H groups in total. The summed E-state index contributed by atoms with van der Waals surface area (Å²) in [5.41, 5.74) is 0. The van der Waals surface area contributed by atoms with E-state index in [0.717, 1.165) is 12.8 Å². The van der Waals surface area contributed by atoms with Gasteiger partial charge in [-0.2, -0.15) is 0 Å². The molecule has 1 saturated carbocycles. The van der Waals surface area contributed by atoms with Gasteiger partial charge in [0.1, 0.15) is 0 Å². The Morgan fingerprint density at radius 3 is 2.83 bits per heavy atom. The molecule has 1 saturated heterocycles. The molecule has 1 aliphatic heterocycles. The van der Waals surface area contributed by atoms with Gasteiger partial charge < -0.3 is 10.6 Å². The minimum absolute atomic E-state index is 0.237. The summed E-state index contributed by atoms with van der Waals surface area (Å²) < 4.78 is 0. The maximum Gasteiger partial charge on any atom is 0.223 e. The van der Waals surface area contributed by atoms with E-state index in [-0.39, 0.29) is 5.92 Å². The minimum atomic E-state index is 0.237. The summed E-state index contributed by atoms with van der Waals surface area (Å²) in [4.78, 5) is 12.4. The predicted octanol–water partition coefficient (Wildman–Crippen LogP) is 2.46. The van der Waals surface area contributed by atoms with Crippen LogP contribution in [-0.4, -0.2) is 24.0 Å². The van der Waals surface area contributed by atoms with Crippen molar-refractivity contribution in [3.63, 3.8) is 0 Å². The zero-order valence-corrected chi connectivity index (χ0v) is 12.0. The van der Waals surface area contributed by atoms with Crippen LogP contribution < -0.4 is 10.6 Å². The topological polar surface area (TPSA) is 41.1 Å². The lowest BCUT2D eigenvalue weighted by Gasteiger charge is -2.44. The summed E-state index contributed by atoms with van der Waals surface area (Å²) >= 11 is 0. The van der Waals surface area contributed by atoms with E-state index < -0.39 is 0 Å². The van der Waals surface area contributed by atoms with Gasteiger partial charge in [-0.1, -0.05) is 19.8 Å². The van der Waals surface area contributed by atoms with Crippen LogP contribution >= 0.6 is 0 Å². The minimum Gasteiger partial charge on any atom is -0.353 e. The largest absolute Gasteiger partial charge is 0.353 e. The van der Waals surface area contributed by atoms with Crippen LogP contribution in [0, 0.1) is 11.8 Å². The predicted molar refractivity (Wildman–Crippen MR) is 74.3 cm³/mol. The first-order valence-corrected chi connectivity index (χ1v) is 7.68.